The van der Waals surface area contributed by atoms with Gasteiger partial charge in [-0.1, -0.05) is 6.07 Å². The van der Waals surface area contributed by atoms with Crippen molar-refractivity contribution in [3.05, 3.63) is 45.9 Å². The van der Waals surface area contributed by atoms with Crippen LogP contribution < -0.4 is 20.8 Å². The minimum absolute atomic E-state index is 0.192. The summed E-state index contributed by atoms with van der Waals surface area (Å²) in [6, 6.07) is 6.87. The lowest BCUT2D eigenvalue weighted by Crippen LogP contribution is -2.24. The molecule has 0 radical (unpaired) electrons. The van der Waals surface area contributed by atoms with Gasteiger partial charge in [-0.2, -0.15) is 4.68 Å². The fourth-order valence-electron chi connectivity index (χ4n) is 2.19. The van der Waals surface area contributed by atoms with Crippen LogP contribution in [0.2, 0.25) is 0 Å². The van der Waals surface area contributed by atoms with Crippen molar-refractivity contribution >= 4 is 5.91 Å². The molecule has 0 spiro atoms. The van der Waals surface area contributed by atoms with Crippen LogP contribution in [-0.4, -0.2) is 22.5 Å². The molecule has 2 aromatic rings. The highest BCUT2D eigenvalue weighted by atomic mass is 16.7. The van der Waals surface area contributed by atoms with Crippen LogP contribution in [0.3, 0.4) is 0 Å². The van der Waals surface area contributed by atoms with E-state index < -0.39 is 0 Å². The van der Waals surface area contributed by atoms with E-state index in [9.17, 15) is 9.59 Å². The third-order valence-electron chi connectivity index (χ3n) is 3.31. The predicted octanol–water partition coefficient (Wildman–Crippen LogP) is 0.637. The number of hydrogen-bond donors (Lipinski definition) is 2. The molecule has 0 amide bonds. The lowest BCUT2D eigenvalue weighted by Gasteiger charge is -2.03. The Labute approximate surface area is 120 Å². The lowest BCUT2D eigenvalue weighted by atomic mass is 10.1. The number of benzene rings is 1. The number of ether oxygens (including phenoxy) is 2. The molecule has 7 nitrogen and oxygen atoms in total. The van der Waals surface area contributed by atoms with Crippen LogP contribution in [0.4, 0.5) is 0 Å². The van der Waals surface area contributed by atoms with Gasteiger partial charge in [-0.25, -0.2) is 0 Å². The van der Waals surface area contributed by atoms with Crippen LogP contribution in [0, 0.1) is 0 Å². The van der Waals surface area contributed by atoms with Gasteiger partial charge in [-0.3, -0.25) is 14.7 Å². The molecule has 0 unspecified atom stereocenters. The second-order valence-corrected chi connectivity index (χ2v) is 4.74. The van der Waals surface area contributed by atoms with Crippen LogP contribution in [0.5, 0.6) is 11.5 Å². The molecule has 0 bridgehead atoms. The van der Waals surface area contributed by atoms with Crippen LogP contribution in [0.1, 0.15) is 22.5 Å². The Morgan fingerprint density at radius 2 is 2.10 bits per heavy atom. The smallest absolute Gasteiger partial charge is 0.273 e. The second kappa shape index (κ2) is 5.45. The van der Waals surface area contributed by atoms with Gasteiger partial charge in [0.1, 0.15) is 0 Å². The molecule has 7 heteroatoms. The summed E-state index contributed by atoms with van der Waals surface area (Å²) in [6.07, 6.45) is 0.725. The molecule has 3 N–H and O–H groups in total. The third kappa shape index (κ3) is 2.68. The molecule has 3 rings (SSSR count). The fourth-order valence-corrected chi connectivity index (χ4v) is 2.19. The maximum atomic E-state index is 12.0. The standard InChI is InChI=1S/C14H15N3O4/c15-7-10-6-14(19)17(16-10)13(18)4-2-9-1-3-11-12(5-9)21-8-20-11/h1,3,5-6,16H,2,4,7-8,15H2. The number of nitrogens with zero attached hydrogens (tertiary/aromatic N) is 1. The van der Waals surface area contributed by atoms with Crippen molar-refractivity contribution < 1.29 is 14.3 Å². The van der Waals surface area contributed by atoms with E-state index in [1.807, 2.05) is 18.2 Å². The van der Waals surface area contributed by atoms with E-state index in [2.05, 4.69) is 5.10 Å². The molecule has 1 aliphatic rings. The van der Waals surface area contributed by atoms with E-state index in [0.29, 0.717) is 23.6 Å². The van der Waals surface area contributed by atoms with Crippen LogP contribution in [0.25, 0.3) is 0 Å². The van der Waals surface area contributed by atoms with Gasteiger partial charge in [-0.05, 0) is 24.1 Å². The van der Waals surface area contributed by atoms with E-state index in [1.54, 1.807) is 0 Å². The molecule has 0 atom stereocenters. The maximum Gasteiger partial charge on any atom is 0.273 e. The molecular formula is C14H15N3O4. The summed E-state index contributed by atoms with van der Waals surface area (Å²) in [4.78, 5) is 23.7. The Kier molecular flexibility index (Phi) is 3.49. The van der Waals surface area contributed by atoms with Gasteiger partial charge in [-0.15, -0.1) is 0 Å². The van der Waals surface area contributed by atoms with Crippen molar-refractivity contribution in [3.8, 4) is 11.5 Å². The van der Waals surface area contributed by atoms with Gasteiger partial charge in [0.15, 0.2) is 11.5 Å². The van der Waals surface area contributed by atoms with Gasteiger partial charge in [0.05, 0.1) is 5.69 Å². The van der Waals surface area contributed by atoms with Crippen LogP contribution in [-0.2, 0) is 13.0 Å². The summed E-state index contributed by atoms with van der Waals surface area (Å²) in [5.74, 6) is 1.10. The van der Waals surface area contributed by atoms with E-state index in [1.165, 1.54) is 6.07 Å². The number of aryl methyl sites for hydroxylation is 1. The predicted molar refractivity (Wildman–Crippen MR) is 74.5 cm³/mol. The van der Waals surface area contributed by atoms with Crippen LogP contribution >= 0.6 is 0 Å². The zero-order valence-electron chi connectivity index (χ0n) is 11.3. The first-order valence-corrected chi connectivity index (χ1v) is 6.60. The van der Waals surface area contributed by atoms with Gasteiger partial charge in [0.2, 0.25) is 12.7 Å². The summed E-state index contributed by atoms with van der Waals surface area (Å²) >= 11 is 0. The fraction of sp³-hybridized carbons (Fsp3) is 0.286. The molecule has 0 fully saturated rings. The van der Waals surface area contributed by atoms with E-state index in [-0.39, 0.29) is 31.2 Å². The Morgan fingerprint density at radius 3 is 2.86 bits per heavy atom. The number of fused-ring (bicyclic) bond motifs is 1. The molecule has 21 heavy (non-hydrogen) atoms. The highest BCUT2D eigenvalue weighted by Crippen LogP contribution is 2.32. The minimum Gasteiger partial charge on any atom is -0.454 e. The SMILES string of the molecule is NCc1cc(=O)n(C(=O)CCc2ccc3c(c2)OCO3)[nH]1. The highest BCUT2D eigenvalue weighted by molar-refractivity contribution is 5.78. The van der Waals surface area contributed by atoms with Gasteiger partial charge < -0.3 is 15.2 Å². The summed E-state index contributed by atoms with van der Waals surface area (Å²) in [7, 11) is 0. The lowest BCUT2D eigenvalue weighted by molar-refractivity contribution is 0.0882. The van der Waals surface area contributed by atoms with Crippen molar-refractivity contribution in [1.82, 2.24) is 9.78 Å². The molecule has 0 saturated heterocycles. The first kappa shape index (κ1) is 13.4. The number of carbonyl (C=O) groups excluding carboxylic acids is 1. The zero-order valence-corrected chi connectivity index (χ0v) is 11.3. The summed E-state index contributed by atoms with van der Waals surface area (Å²) in [5, 5.41) is 2.69. The molecule has 1 aliphatic heterocycles. The molecule has 0 aliphatic carbocycles. The van der Waals surface area contributed by atoms with E-state index >= 15 is 0 Å². The second-order valence-electron chi connectivity index (χ2n) is 4.74. The van der Waals surface area contributed by atoms with Gasteiger partial charge in [0, 0.05) is 19.0 Å². The van der Waals surface area contributed by atoms with Crippen molar-refractivity contribution in [2.75, 3.05) is 6.79 Å². The molecule has 1 aromatic carbocycles. The number of nitrogens with one attached hydrogen (secondary N) is 1. The number of hydrogen-bond acceptors (Lipinski definition) is 5. The van der Waals surface area contributed by atoms with Crippen LogP contribution in [0.15, 0.2) is 29.1 Å². The number of nitrogens with two attached hydrogens (primary N) is 1. The topological polar surface area (TPSA) is 99.3 Å². The molecule has 1 aromatic heterocycles. The zero-order chi connectivity index (χ0) is 14.8. The number of aromatic amines is 1. The van der Waals surface area contributed by atoms with Crippen molar-refractivity contribution in [1.29, 1.82) is 0 Å². The Hall–Kier alpha value is -2.54. The quantitative estimate of drug-likeness (QED) is 0.860. The number of aromatic nitrogens is 2. The van der Waals surface area contributed by atoms with E-state index in [0.717, 1.165) is 10.2 Å². The van der Waals surface area contributed by atoms with Crippen molar-refractivity contribution in [3.63, 3.8) is 0 Å². The third-order valence-corrected chi connectivity index (χ3v) is 3.31. The Morgan fingerprint density at radius 1 is 1.29 bits per heavy atom. The average Bonchev–Trinajstić information content (AvgIpc) is 3.10. The Balaban J connectivity index is 1.68. The Bertz CT molecular complexity index is 732. The highest BCUT2D eigenvalue weighted by Gasteiger charge is 2.15. The molecule has 2 heterocycles. The average molecular weight is 289 g/mol. The van der Waals surface area contributed by atoms with Crippen molar-refractivity contribution in [2.24, 2.45) is 5.73 Å². The molecule has 0 saturated carbocycles. The minimum atomic E-state index is -0.383. The summed E-state index contributed by atoms with van der Waals surface area (Å²) in [6.45, 7) is 0.412. The summed E-state index contributed by atoms with van der Waals surface area (Å²) < 4.78 is 11.5. The van der Waals surface area contributed by atoms with Gasteiger partial charge in [0.25, 0.3) is 5.56 Å². The number of rotatable bonds is 4. The number of carbonyl (C=O) groups is 1. The largest absolute Gasteiger partial charge is 0.454 e. The molecular weight excluding hydrogens is 274 g/mol. The van der Waals surface area contributed by atoms with Crippen molar-refractivity contribution in [2.45, 2.75) is 19.4 Å². The summed E-state index contributed by atoms with van der Waals surface area (Å²) in [5.41, 5.74) is 6.53. The normalized spacial score (nSPS) is 12.6. The first-order valence-electron chi connectivity index (χ1n) is 6.60. The molecule has 110 valence electrons. The first-order chi connectivity index (χ1) is 10.2. The monoisotopic (exact) mass is 289 g/mol. The number of H-pyrrole nitrogens is 1. The van der Waals surface area contributed by atoms with E-state index in [4.69, 9.17) is 15.2 Å². The maximum absolute atomic E-state index is 12.0. The van der Waals surface area contributed by atoms with Gasteiger partial charge >= 0.3 is 0 Å².